The van der Waals surface area contributed by atoms with Gasteiger partial charge in [0, 0.05) is 52.3 Å². The molecular weight excluding hydrogens is 511 g/mol. The third-order valence-corrected chi connectivity index (χ3v) is 6.17. The molecule has 2 aliphatic heterocycles. The Morgan fingerprint density at radius 1 is 1.07 bits per heavy atom. The Balaban J connectivity index is 0.00000256. The molecular formula is C23H30ClIN4O. The molecule has 0 aliphatic carbocycles. The number of nitrogens with zero attached hydrogens (tertiary/aromatic N) is 3. The second kappa shape index (κ2) is 11.2. The van der Waals surface area contributed by atoms with Gasteiger partial charge in [0.25, 0.3) is 0 Å². The second-order valence-electron chi connectivity index (χ2n) is 7.60. The number of piperazine rings is 1. The van der Waals surface area contributed by atoms with Crippen molar-refractivity contribution >= 4 is 47.2 Å². The van der Waals surface area contributed by atoms with Crippen molar-refractivity contribution in [3.05, 3.63) is 65.2 Å². The van der Waals surface area contributed by atoms with E-state index in [0.717, 1.165) is 62.4 Å². The number of aliphatic imine (C=N–C) groups is 1. The quantitative estimate of drug-likeness (QED) is 0.354. The van der Waals surface area contributed by atoms with E-state index in [1.54, 1.807) is 0 Å². The van der Waals surface area contributed by atoms with Gasteiger partial charge in [-0.15, -0.1) is 24.0 Å². The molecule has 0 bridgehead atoms. The molecule has 162 valence electrons. The predicted octanol–water partition coefficient (Wildman–Crippen LogP) is 4.43. The van der Waals surface area contributed by atoms with Crippen LogP contribution >= 0.6 is 35.6 Å². The van der Waals surface area contributed by atoms with E-state index < -0.39 is 0 Å². The Hall–Kier alpha value is -1.51. The highest BCUT2D eigenvalue weighted by Crippen LogP contribution is 2.34. The summed E-state index contributed by atoms with van der Waals surface area (Å²) in [5.74, 6) is 1.43. The first-order chi connectivity index (χ1) is 14.3. The van der Waals surface area contributed by atoms with E-state index in [1.807, 2.05) is 25.2 Å². The molecule has 2 aromatic carbocycles. The fourth-order valence-corrected chi connectivity index (χ4v) is 4.53. The lowest BCUT2D eigenvalue weighted by molar-refractivity contribution is 0.0913. The second-order valence-corrected chi connectivity index (χ2v) is 8.01. The van der Waals surface area contributed by atoms with E-state index in [0.29, 0.717) is 5.92 Å². The third kappa shape index (κ3) is 5.39. The molecule has 2 aromatic rings. The molecule has 2 fully saturated rings. The Morgan fingerprint density at radius 3 is 2.47 bits per heavy atom. The minimum absolute atomic E-state index is 0. The third-order valence-electron chi connectivity index (χ3n) is 5.85. The molecule has 2 heterocycles. The highest BCUT2D eigenvalue weighted by molar-refractivity contribution is 14.0. The van der Waals surface area contributed by atoms with E-state index in [1.165, 1.54) is 5.56 Å². The number of anilines is 1. The minimum atomic E-state index is 0. The zero-order valence-electron chi connectivity index (χ0n) is 17.3. The van der Waals surface area contributed by atoms with Crippen LogP contribution in [-0.2, 0) is 4.74 Å². The van der Waals surface area contributed by atoms with Gasteiger partial charge in [-0.3, -0.25) is 4.99 Å². The van der Waals surface area contributed by atoms with Crippen molar-refractivity contribution in [3.63, 3.8) is 0 Å². The first kappa shape index (κ1) is 23.2. The van der Waals surface area contributed by atoms with Crippen LogP contribution in [0, 0.1) is 5.92 Å². The number of halogens is 2. The van der Waals surface area contributed by atoms with E-state index in [4.69, 9.17) is 16.3 Å². The minimum Gasteiger partial charge on any atom is -0.373 e. The van der Waals surface area contributed by atoms with Crippen LogP contribution in [0.4, 0.5) is 5.69 Å². The Labute approximate surface area is 201 Å². The summed E-state index contributed by atoms with van der Waals surface area (Å²) in [6, 6.07) is 18.6. The van der Waals surface area contributed by atoms with Crippen molar-refractivity contribution in [2.24, 2.45) is 10.9 Å². The van der Waals surface area contributed by atoms with E-state index in [9.17, 15) is 0 Å². The SMILES string of the molecule is CN=C(NCC1CCOC1c1ccccc1)N1CCN(c2ccccc2Cl)CC1.I. The summed E-state index contributed by atoms with van der Waals surface area (Å²) in [6.07, 6.45) is 1.24. The van der Waals surface area contributed by atoms with Crippen LogP contribution in [0.1, 0.15) is 18.1 Å². The van der Waals surface area contributed by atoms with Gasteiger partial charge in [-0.1, -0.05) is 54.1 Å². The summed E-state index contributed by atoms with van der Waals surface area (Å²) >= 11 is 6.37. The number of rotatable bonds is 4. The van der Waals surface area contributed by atoms with E-state index >= 15 is 0 Å². The van der Waals surface area contributed by atoms with Crippen molar-refractivity contribution in [2.75, 3.05) is 51.3 Å². The lowest BCUT2D eigenvalue weighted by Gasteiger charge is -2.38. The number of hydrogen-bond donors (Lipinski definition) is 1. The summed E-state index contributed by atoms with van der Waals surface area (Å²) in [6.45, 7) is 5.41. The molecule has 4 rings (SSSR count). The molecule has 0 radical (unpaired) electrons. The van der Waals surface area contributed by atoms with Crippen molar-refractivity contribution in [3.8, 4) is 0 Å². The summed E-state index contributed by atoms with van der Waals surface area (Å²) in [7, 11) is 1.86. The molecule has 2 atom stereocenters. The van der Waals surface area contributed by atoms with Crippen molar-refractivity contribution in [2.45, 2.75) is 12.5 Å². The van der Waals surface area contributed by atoms with Gasteiger partial charge in [0.1, 0.15) is 0 Å². The Kier molecular flexibility index (Phi) is 8.65. The predicted molar refractivity (Wildman–Crippen MR) is 135 cm³/mol. The van der Waals surface area contributed by atoms with Crippen LogP contribution in [0.3, 0.4) is 0 Å². The van der Waals surface area contributed by atoms with Gasteiger partial charge in [0.15, 0.2) is 5.96 Å². The maximum absolute atomic E-state index is 6.37. The average molecular weight is 541 g/mol. The van der Waals surface area contributed by atoms with Crippen LogP contribution in [0.25, 0.3) is 0 Å². The van der Waals surface area contributed by atoms with Gasteiger partial charge in [-0.2, -0.15) is 0 Å². The van der Waals surface area contributed by atoms with Crippen LogP contribution in [-0.4, -0.2) is 57.2 Å². The van der Waals surface area contributed by atoms with Crippen molar-refractivity contribution in [1.82, 2.24) is 10.2 Å². The van der Waals surface area contributed by atoms with Crippen molar-refractivity contribution < 1.29 is 4.74 Å². The lowest BCUT2D eigenvalue weighted by Crippen LogP contribution is -2.53. The molecule has 5 nitrogen and oxygen atoms in total. The van der Waals surface area contributed by atoms with Gasteiger partial charge < -0.3 is 19.9 Å². The molecule has 2 saturated heterocycles. The maximum Gasteiger partial charge on any atom is 0.193 e. The number of nitrogens with one attached hydrogen (secondary N) is 1. The largest absolute Gasteiger partial charge is 0.373 e. The standard InChI is InChI=1S/C23H29ClN4O.HI/c1-25-23(26-17-19-11-16-29-22(19)18-7-3-2-4-8-18)28-14-12-27(13-15-28)21-10-6-5-9-20(21)24;/h2-10,19,22H,11-17H2,1H3,(H,25,26);1H. The van der Waals surface area contributed by atoms with Crippen LogP contribution in [0.5, 0.6) is 0 Å². The molecule has 7 heteroatoms. The van der Waals surface area contributed by atoms with Crippen LogP contribution in [0.15, 0.2) is 59.6 Å². The highest BCUT2D eigenvalue weighted by atomic mass is 127. The van der Waals surface area contributed by atoms with E-state index in [-0.39, 0.29) is 30.1 Å². The number of para-hydroxylation sites is 1. The molecule has 1 N–H and O–H groups in total. The summed E-state index contributed by atoms with van der Waals surface area (Å²) in [5, 5.41) is 4.41. The van der Waals surface area contributed by atoms with Gasteiger partial charge in [0.2, 0.25) is 0 Å². The maximum atomic E-state index is 6.37. The first-order valence-corrected chi connectivity index (χ1v) is 10.8. The Morgan fingerprint density at radius 2 is 1.77 bits per heavy atom. The fourth-order valence-electron chi connectivity index (χ4n) is 4.28. The summed E-state index contributed by atoms with van der Waals surface area (Å²) in [5.41, 5.74) is 2.38. The Bertz CT molecular complexity index is 827. The smallest absolute Gasteiger partial charge is 0.193 e. The summed E-state index contributed by atoms with van der Waals surface area (Å²) < 4.78 is 6.02. The monoisotopic (exact) mass is 540 g/mol. The van der Waals surface area contributed by atoms with Gasteiger partial charge in [0.05, 0.1) is 16.8 Å². The van der Waals surface area contributed by atoms with E-state index in [2.05, 4.69) is 56.5 Å². The van der Waals surface area contributed by atoms with Gasteiger partial charge in [-0.25, -0.2) is 0 Å². The van der Waals surface area contributed by atoms with Gasteiger partial charge in [-0.05, 0) is 24.1 Å². The molecule has 30 heavy (non-hydrogen) atoms. The first-order valence-electron chi connectivity index (χ1n) is 10.4. The van der Waals surface area contributed by atoms with Gasteiger partial charge >= 0.3 is 0 Å². The van der Waals surface area contributed by atoms with Crippen LogP contribution < -0.4 is 10.2 Å². The normalized spacial score (nSPS) is 22.0. The number of benzene rings is 2. The molecule has 0 spiro atoms. The van der Waals surface area contributed by atoms with Crippen LogP contribution in [0.2, 0.25) is 5.02 Å². The number of ether oxygens (including phenoxy) is 1. The molecule has 0 amide bonds. The molecule has 2 aliphatic rings. The molecule has 2 unspecified atom stereocenters. The average Bonchev–Trinajstić information content (AvgIpc) is 3.24. The molecule has 0 aromatic heterocycles. The number of guanidine groups is 1. The zero-order valence-corrected chi connectivity index (χ0v) is 20.4. The molecule has 0 saturated carbocycles. The number of hydrogen-bond acceptors (Lipinski definition) is 3. The summed E-state index contributed by atoms with van der Waals surface area (Å²) in [4.78, 5) is 9.22. The lowest BCUT2D eigenvalue weighted by atomic mass is 9.95. The topological polar surface area (TPSA) is 40.1 Å². The van der Waals surface area contributed by atoms with Crippen molar-refractivity contribution in [1.29, 1.82) is 0 Å². The zero-order chi connectivity index (χ0) is 20.1. The highest BCUT2D eigenvalue weighted by Gasteiger charge is 2.30. The fraction of sp³-hybridized carbons (Fsp3) is 0.435.